The van der Waals surface area contributed by atoms with Gasteiger partial charge in [-0.05, 0) is 29.9 Å². The van der Waals surface area contributed by atoms with E-state index in [1.54, 1.807) is 14.2 Å². The van der Waals surface area contributed by atoms with Gasteiger partial charge in [-0.1, -0.05) is 60.7 Å². The topological polar surface area (TPSA) is 47.6 Å². The van der Waals surface area contributed by atoms with Crippen molar-refractivity contribution in [1.82, 2.24) is 5.32 Å². The molecule has 1 unspecified atom stereocenters. The van der Waals surface area contributed by atoms with E-state index in [1.165, 1.54) is 11.1 Å². The molecule has 0 saturated carbocycles. The Labute approximate surface area is 156 Å². The summed E-state index contributed by atoms with van der Waals surface area (Å²) in [6.45, 7) is 0.652. The lowest BCUT2D eigenvalue weighted by Crippen LogP contribution is -2.30. The first-order valence-corrected chi connectivity index (χ1v) is 9.11. The molecule has 0 bridgehead atoms. The molecule has 0 aliphatic carbocycles. The molecule has 140 valence electrons. The highest BCUT2D eigenvalue weighted by Crippen LogP contribution is 2.19. The lowest BCUT2D eigenvalue weighted by Gasteiger charge is -2.21. The average Bonchev–Trinajstić information content (AvgIpc) is 2.67. The number of hydrogen-bond acceptors (Lipinski definition) is 3. The highest BCUT2D eigenvalue weighted by molar-refractivity contribution is 5.76. The summed E-state index contributed by atoms with van der Waals surface area (Å²) in [4.78, 5) is 12.4. The highest BCUT2D eigenvalue weighted by atomic mass is 16.7. The molecule has 0 aliphatic rings. The fraction of sp³-hybridized carbons (Fsp3) is 0.409. The Morgan fingerprint density at radius 2 is 1.50 bits per heavy atom. The maximum atomic E-state index is 12.4. The summed E-state index contributed by atoms with van der Waals surface area (Å²) in [5, 5.41) is 3.04. The summed E-state index contributed by atoms with van der Waals surface area (Å²) in [6.07, 6.45) is 2.53. The van der Waals surface area contributed by atoms with Crippen LogP contribution in [-0.2, 0) is 27.1 Å². The van der Waals surface area contributed by atoms with E-state index in [0.29, 0.717) is 19.4 Å². The van der Waals surface area contributed by atoms with E-state index >= 15 is 0 Å². The third-order valence-corrected chi connectivity index (χ3v) is 4.47. The van der Waals surface area contributed by atoms with E-state index in [2.05, 4.69) is 29.6 Å². The molecule has 1 amide bonds. The van der Waals surface area contributed by atoms with Crippen LogP contribution in [0.5, 0.6) is 0 Å². The molecule has 2 aromatic rings. The van der Waals surface area contributed by atoms with Crippen molar-refractivity contribution in [2.24, 2.45) is 5.92 Å². The van der Waals surface area contributed by atoms with Gasteiger partial charge in [0.05, 0.1) is 0 Å². The molecule has 4 nitrogen and oxygen atoms in total. The lowest BCUT2D eigenvalue weighted by molar-refractivity contribution is -0.126. The molecule has 0 radical (unpaired) electrons. The summed E-state index contributed by atoms with van der Waals surface area (Å²) in [6, 6.07) is 20.4. The van der Waals surface area contributed by atoms with Gasteiger partial charge in [0.1, 0.15) is 0 Å². The second kappa shape index (κ2) is 11.4. The number of carbonyl (C=O) groups excluding carboxylic acids is 1. The Morgan fingerprint density at radius 3 is 2.08 bits per heavy atom. The Morgan fingerprint density at radius 1 is 0.923 bits per heavy atom. The van der Waals surface area contributed by atoms with Crippen LogP contribution in [0.15, 0.2) is 60.7 Å². The Bertz CT molecular complexity index is 626. The Balaban J connectivity index is 1.86. The molecule has 1 atom stereocenters. The smallest absolute Gasteiger partial charge is 0.220 e. The second-order valence-electron chi connectivity index (χ2n) is 6.48. The molecule has 4 heteroatoms. The first kappa shape index (κ1) is 20.1. The van der Waals surface area contributed by atoms with E-state index in [4.69, 9.17) is 9.47 Å². The van der Waals surface area contributed by atoms with E-state index in [0.717, 1.165) is 12.8 Å². The van der Waals surface area contributed by atoms with Crippen LogP contribution in [0.1, 0.15) is 24.0 Å². The molecule has 0 spiro atoms. The number of rotatable bonds is 11. The normalized spacial score (nSPS) is 12.1. The largest absolute Gasteiger partial charge is 0.356 e. The van der Waals surface area contributed by atoms with Crippen LogP contribution in [0.3, 0.4) is 0 Å². The Hall–Kier alpha value is -2.17. The van der Waals surface area contributed by atoms with Crippen LogP contribution in [-0.4, -0.2) is 33.0 Å². The van der Waals surface area contributed by atoms with Gasteiger partial charge in [-0.3, -0.25) is 4.79 Å². The summed E-state index contributed by atoms with van der Waals surface area (Å²) in [5.74, 6) is 0.242. The molecule has 26 heavy (non-hydrogen) atoms. The van der Waals surface area contributed by atoms with E-state index in [-0.39, 0.29) is 18.1 Å². The average molecular weight is 355 g/mol. The summed E-state index contributed by atoms with van der Waals surface area (Å²) < 4.78 is 10.7. The fourth-order valence-corrected chi connectivity index (χ4v) is 3.07. The number of nitrogens with one attached hydrogen (secondary N) is 1. The molecular weight excluding hydrogens is 326 g/mol. The minimum atomic E-state index is -0.291. The van der Waals surface area contributed by atoms with Crippen molar-refractivity contribution in [3.8, 4) is 0 Å². The van der Waals surface area contributed by atoms with Gasteiger partial charge in [0.2, 0.25) is 5.91 Å². The van der Waals surface area contributed by atoms with Crippen LogP contribution < -0.4 is 5.32 Å². The number of methoxy groups -OCH3 is 2. The van der Waals surface area contributed by atoms with E-state index in [9.17, 15) is 4.79 Å². The lowest BCUT2D eigenvalue weighted by atomic mass is 9.92. The molecule has 0 heterocycles. The molecule has 2 aromatic carbocycles. The summed E-state index contributed by atoms with van der Waals surface area (Å²) in [5.41, 5.74) is 2.45. The van der Waals surface area contributed by atoms with Crippen LogP contribution in [0, 0.1) is 5.92 Å². The van der Waals surface area contributed by atoms with Gasteiger partial charge in [0.25, 0.3) is 0 Å². The van der Waals surface area contributed by atoms with Gasteiger partial charge in [-0.2, -0.15) is 0 Å². The zero-order chi connectivity index (χ0) is 18.6. The summed E-state index contributed by atoms with van der Waals surface area (Å²) >= 11 is 0. The zero-order valence-corrected chi connectivity index (χ0v) is 15.7. The minimum Gasteiger partial charge on any atom is -0.356 e. The number of amides is 1. The van der Waals surface area contributed by atoms with Crippen LogP contribution in [0.4, 0.5) is 0 Å². The van der Waals surface area contributed by atoms with Gasteiger partial charge in [-0.25, -0.2) is 0 Å². The molecule has 0 aliphatic heterocycles. The van der Waals surface area contributed by atoms with Crippen LogP contribution >= 0.6 is 0 Å². The van der Waals surface area contributed by atoms with Gasteiger partial charge in [-0.15, -0.1) is 0 Å². The molecule has 2 rings (SSSR count). The van der Waals surface area contributed by atoms with Gasteiger partial charge in [0, 0.05) is 33.6 Å². The minimum absolute atomic E-state index is 0.0767. The van der Waals surface area contributed by atoms with Crippen molar-refractivity contribution in [2.75, 3.05) is 20.8 Å². The summed E-state index contributed by atoms with van der Waals surface area (Å²) in [7, 11) is 3.27. The standard InChI is InChI=1S/C22H29NO3/c1-25-22(26-2)17-20(15-19-11-7-4-8-12-19)16-21(24)23-14-13-18-9-5-3-6-10-18/h3-12,20,22H,13-17H2,1-2H3,(H,23,24). The first-order chi connectivity index (χ1) is 12.7. The monoisotopic (exact) mass is 355 g/mol. The molecular formula is C22H29NO3. The van der Waals surface area contributed by atoms with E-state index in [1.807, 2.05) is 36.4 Å². The SMILES string of the molecule is COC(CC(CC(=O)NCCc1ccccc1)Cc1ccccc1)OC. The van der Waals surface area contributed by atoms with Crippen molar-refractivity contribution >= 4 is 5.91 Å². The van der Waals surface area contributed by atoms with Gasteiger partial charge < -0.3 is 14.8 Å². The maximum Gasteiger partial charge on any atom is 0.220 e. The van der Waals surface area contributed by atoms with Gasteiger partial charge >= 0.3 is 0 Å². The Kier molecular flexibility index (Phi) is 8.87. The van der Waals surface area contributed by atoms with Crippen molar-refractivity contribution < 1.29 is 14.3 Å². The number of carbonyl (C=O) groups is 1. The second-order valence-corrected chi connectivity index (χ2v) is 6.48. The number of hydrogen-bond donors (Lipinski definition) is 1. The predicted octanol–water partition coefficient (Wildman–Crippen LogP) is 3.60. The van der Waals surface area contributed by atoms with Crippen LogP contribution in [0.25, 0.3) is 0 Å². The number of ether oxygens (including phenoxy) is 2. The van der Waals surface area contributed by atoms with Crippen molar-refractivity contribution in [1.29, 1.82) is 0 Å². The predicted molar refractivity (Wildman–Crippen MR) is 104 cm³/mol. The van der Waals surface area contributed by atoms with Crippen molar-refractivity contribution in [3.63, 3.8) is 0 Å². The highest BCUT2D eigenvalue weighted by Gasteiger charge is 2.19. The first-order valence-electron chi connectivity index (χ1n) is 9.11. The molecule has 0 saturated heterocycles. The zero-order valence-electron chi connectivity index (χ0n) is 15.7. The molecule has 0 fully saturated rings. The molecule has 1 N–H and O–H groups in total. The third-order valence-electron chi connectivity index (χ3n) is 4.47. The third kappa shape index (κ3) is 7.38. The van der Waals surface area contributed by atoms with E-state index < -0.39 is 0 Å². The van der Waals surface area contributed by atoms with Crippen molar-refractivity contribution in [2.45, 2.75) is 32.0 Å². The van der Waals surface area contributed by atoms with Gasteiger partial charge in [0.15, 0.2) is 6.29 Å². The van der Waals surface area contributed by atoms with Crippen molar-refractivity contribution in [3.05, 3.63) is 71.8 Å². The van der Waals surface area contributed by atoms with Crippen LogP contribution in [0.2, 0.25) is 0 Å². The quantitative estimate of drug-likeness (QED) is 0.627. The fourth-order valence-electron chi connectivity index (χ4n) is 3.07. The molecule has 0 aromatic heterocycles. The maximum absolute atomic E-state index is 12.4. The number of benzene rings is 2.